The minimum atomic E-state index is 0.254. The van der Waals surface area contributed by atoms with Crippen LogP contribution in [0.25, 0.3) is 0 Å². The van der Waals surface area contributed by atoms with Crippen LogP contribution in [0.2, 0.25) is 0 Å². The highest BCUT2D eigenvalue weighted by Gasteiger charge is 2.32. The number of hydrogen-bond acceptors (Lipinski definition) is 2. The first-order valence-electron chi connectivity index (χ1n) is 9.23. The van der Waals surface area contributed by atoms with Gasteiger partial charge in [0.15, 0.2) is 0 Å². The molecule has 3 rings (SSSR count). The van der Waals surface area contributed by atoms with Crippen molar-refractivity contribution in [2.75, 3.05) is 19.6 Å². The fourth-order valence-corrected chi connectivity index (χ4v) is 3.61. The Morgan fingerprint density at radius 1 is 0.960 bits per heavy atom. The van der Waals surface area contributed by atoms with Crippen LogP contribution in [0.1, 0.15) is 25.0 Å². The molecule has 1 saturated heterocycles. The lowest BCUT2D eigenvalue weighted by molar-refractivity contribution is -0.136. The number of hydrogen-bond donors (Lipinski definition) is 0. The molecule has 3 nitrogen and oxygen atoms in total. The molecule has 0 aliphatic carbocycles. The molecular formula is C22H28N2O. The van der Waals surface area contributed by atoms with Crippen LogP contribution in [0.15, 0.2) is 60.7 Å². The first-order chi connectivity index (χ1) is 12.1. The van der Waals surface area contributed by atoms with E-state index in [4.69, 9.17) is 0 Å². The van der Waals surface area contributed by atoms with Gasteiger partial charge in [-0.3, -0.25) is 9.69 Å². The van der Waals surface area contributed by atoms with E-state index in [0.29, 0.717) is 12.3 Å². The van der Waals surface area contributed by atoms with Crippen molar-refractivity contribution in [1.82, 2.24) is 9.80 Å². The van der Waals surface area contributed by atoms with Gasteiger partial charge in [0, 0.05) is 32.2 Å². The van der Waals surface area contributed by atoms with Crippen molar-refractivity contribution < 1.29 is 4.79 Å². The molecule has 1 aliphatic rings. The van der Waals surface area contributed by atoms with Crippen LogP contribution in [-0.2, 0) is 17.8 Å². The van der Waals surface area contributed by atoms with Gasteiger partial charge in [-0.05, 0) is 17.0 Å². The maximum absolute atomic E-state index is 12.9. The van der Waals surface area contributed by atoms with Gasteiger partial charge in [0.25, 0.3) is 0 Å². The summed E-state index contributed by atoms with van der Waals surface area (Å²) in [6, 6.07) is 20.9. The summed E-state index contributed by atoms with van der Waals surface area (Å²) >= 11 is 0. The van der Waals surface area contributed by atoms with Gasteiger partial charge in [-0.15, -0.1) is 0 Å². The molecule has 0 N–H and O–H groups in total. The molecule has 1 amide bonds. The van der Waals surface area contributed by atoms with E-state index in [1.54, 1.807) is 0 Å². The molecule has 0 bridgehead atoms. The Balaban J connectivity index is 1.64. The van der Waals surface area contributed by atoms with Crippen LogP contribution in [0.5, 0.6) is 0 Å². The van der Waals surface area contributed by atoms with Crippen molar-refractivity contribution in [3.63, 3.8) is 0 Å². The predicted octanol–water partition coefficient (Wildman–Crippen LogP) is 3.60. The summed E-state index contributed by atoms with van der Waals surface area (Å²) in [6.45, 7) is 8.12. The van der Waals surface area contributed by atoms with Crippen LogP contribution in [0.3, 0.4) is 0 Å². The van der Waals surface area contributed by atoms with E-state index < -0.39 is 0 Å². The molecule has 0 radical (unpaired) electrons. The van der Waals surface area contributed by atoms with Gasteiger partial charge >= 0.3 is 0 Å². The van der Waals surface area contributed by atoms with Crippen molar-refractivity contribution in [3.8, 4) is 0 Å². The third kappa shape index (κ3) is 4.70. The molecule has 1 fully saturated rings. The molecule has 1 atom stereocenters. The summed E-state index contributed by atoms with van der Waals surface area (Å²) in [5, 5.41) is 0. The third-order valence-corrected chi connectivity index (χ3v) is 5.04. The average Bonchev–Trinajstić information content (AvgIpc) is 2.63. The molecule has 1 aliphatic heterocycles. The van der Waals surface area contributed by atoms with Crippen molar-refractivity contribution >= 4 is 5.91 Å². The van der Waals surface area contributed by atoms with Gasteiger partial charge in [0.1, 0.15) is 0 Å². The fraction of sp³-hybridized carbons (Fsp3) is 0.409. The molecule has 25 heavy (non-hydrogen) atoms. The van der Waals surface area contributed by atoms with Crippen LogP contribution in [0, 0.1) is 5.92 Å². The van der Waals surface area contributed by atoms with Gasteiger partial charge in [-0.25, -0.2) is 0 Å². The Labute approximate surface area is 151 Å². The lowest BCUT2D eigenvalue weighted by Crippen LogP contribution is -2.57. The second kappa shape index (κ2) is 8.30. The van der Waals surface area contributed by atoms with Gasteiger partial charge < -0.3 is 4.90 Å². The second-order valence-electron chi connectivity index (χ2n) is 7.28. The third-order valence-electron chi connectivity index (χ3n) is 5.04. The first kappa shape index (κ1) is 17.7. The Kier molecular flexibility index (Phi) is 5.87. The van der Waals surface area contributed by atoms with Crippen molar-refractivity contribution in [2.45, 2.75) is 32.9 Å². The zero-order chi connectivity index (χ0) is 17.6. The van der Waals surface area contributed by atoms with E-state index in [1.807, 2.05) is 30.3 Å². The number of benzene rings is 2. The monoisotopic (exact) mass is 336 g/mol. The van der Waals surface area contributed by atoms with E-state index in [9.17, 15) is 4.79 Å². The topological polar surface area (TPSA) is 23.6 Å². The van der Waals surface area contributed by atoms with Crippen LogP contribution >= 0.6 is 0 Å². The highest BCUT2D eigenvalue weighted by Crippen LogP contribution is 2.20. The number of carbonyl (C=O) groups excluding carboxylic acids is 1. The Morgan fingerprint density at radius 2 is 1.56 bits per heavy atom. The van der Waals surface area contributed by atoms with E-state index in [1.165, 1.54) is 5.56 Å². The van der Waals surface area contributed by atoms with E-state index in [-0.39, 0.29) is 11.9 Å². The van der Waals surface area contributed by atoms with E-state index in [0.717, 1.165) is 31.7 Å². The predicted molar refractivity (Wildman–Crippen MR) is 102 cm³/mol. The fourth-order valence-electron chi connectivity index (χ4n) is 3.61. The van der Waals surface area contributed by atoms with Gasteiger partial charge in [-0.1, -0.05) is 74.5 Å². The van der Waals surface area contributed by atoms with Crippen molar-refractivity contribution in [2.24, 2.45) is 5.92 Å². The average molecular weight is 336 g/mol. The minimum absolute atomic E-state index is 0.254. The molecule has 3 heteroatoms. The molecule has 132 valence electrons. The summed E-state index contributed by atoms with van der Waals surface area (Å²) < 4.78 is 0. The van der Waals surface area contributed by atoms with Crippen molar-refractivity contribution in [3.05, 3.63) is 71.8 Å². The zero-order valence-corrected chi connectivity index (χ0v) is 15.3. The smallest absolute Gasteiger partial charge is 0.227 e. The molecule has 0 aromatic heterocycles. The lowest BCUT2D eigenvalue weighted by Gasteiger charge is -2.43. The minimum Gasteiger partial charge on any atom is -0.337 e. The Hall–Kier alpha value is -2.13. The summed E-state index contributed by atoms with van der Waals surface area (Å²) in [7, 11) is 0. The largest absolute Gasteiger partial charge is 0.337 e. The van der Waals surface area contributed by atoms with Crippen LogP contribution < -0.4 is 0 Å². The van der Waals surface area contributed by atoms with Crippen LogP contribution in [-0.4, -0.2) is 41.4 Å². The van der Waals surface area contributed by atoms with Crippen molar-refractivity contribution in [1.29, 1.82) is 0 Å². The molecule has 0 saturated carbocycles. The highest BCUT2D eigenvalue weighted by atomic mass is 16.2. The maximum atomic E-state index is 12.9. The highest BCUT2D eigenvalue weighted by molar-refractivity contribution is 5.79. The van der Waals surface area contributed by atoms with E-state index in [2.05, 4.69) is 54.0 Å². The Morgan fingerprint density at radius 3 is 2.16 bits per heavy atom. The summed E-state index contributed by atoms with van der Waals surface area (Å²) in [5.41, 5.74) is 2.44. The SMILES string of the molecule is CC(C)[C@H]1CN(Cc2ccccc2)CCN1C(=O)Cc1ccccc1. The Bertz CT molecular complexity index is 669. The lowest BCUT2D eigenvalue weighted by atomic mass is 9.98. The number of rotatable bonds is 5. The number of piperazine rings is 1. The first-order valence-corrected chi connectivity index (χ1v) is 9.23. The van der Waals surface area contributed by atoms with Gasteiger partial charge in [0.2, 0.25) is 5.91 Å². The molecule has 1 heterocycles. The quantitative estimate of drug-likeness (QED) is 0.833. The second-order valence-corrected chi connectivity index (χ2v) is 7.28. The molecule has 2 aromatic rings. The van der Waals surface area contributed by atoms with Crippen LogP contribution in [0.4, 0.5) is 0 Å². The number of amides is 1. The van der Waals surface area contributed by atoms with E-state index >= 15 is 0 Å². The molecular weight excluding hydrogens is 308 g/mol. The number of nitrogens with zero attached hydrogens (tertiary/aromatic N) is 2. The summed E-state index contributed by atoms with van der Waals surface area (Å²) in [4.78, 5) is 17.4. The maximum Gasteiger partial charge on any atom is 0.227 e. The standard InChI is InChI=1S/C22H28N2O/c1-18(2)21-17-23(16-20-11-7-4-8-12-20)13-14-24(21)22(25)15-19-9-5-3-6-10-19/h3-12,18,21H,13-17H2,1-2H3/t21-/m1/s1. The number of carbonyl (C=O) groups is 1. The summed E-state index contributed by atoms with van der Waals surface area (Å²) in [6.07, 6.45) is 0.503. The molecule has 0 unspecified atom stereocenters. The zero-order valence-electron chi connectivity index (χ0n) is 15.3. The molecule has 0 spiro atoms. The van der Waals surface area contributed by atoms with Gasteiger partial charge in [0.05, 0.1) is 6.42 Å². The van der Waals surface area contributed by atoms with Gasteiger partial charge in [-0.2, -0.15) is 0 Å². The summed E-state index contributed by atoms with van der Waals surface area (Å²) in [5.74, 6) is 0.711. The normalized spacial score (nSPS) is 18.5. The molecule has 2 aromatic carbocycles.